The molecule has 1 N–H and O–H groups in total. The molecule has 2 aromatic carbocycles. The van der Waals surface area contributed by atoms with Gasteiger partial charge in [0.15, 0.2) is 0 Å². The summed E-state index contributed by atoms with van der Waals surface area (Å²) >= 11 is 6.01. The maximum Gasteiger partial charge on any atom is 0.148 e. The Balaban J connectivity index is 1.98. The first-order valence-electron chi connectivity index (χ1n) is 9.29. The summed E-state index contributed by atoms with van der Waals surface area (Å²) in [7, 11) is 0. The number of benzene rings is 2. The fraction of sp³-hybridized carbons (Fsp3) is 0.364. The molecule has 148 valence electrons. The number of rotatable bonds is 7. The highest BCUT2D eigenvalue weighted by Gasteiger charge is 2.48. The van der Waals surface area contributed by atoms with Crippen LogP contribution >= 0.6 is 11.6 Å². The van der Waals surface area contributed by atoms with Crippen LogP contribution in [0.25, 0.3) is 0 Å². The third-order valence-electron chi connectivity index (χ3n) is 5.06. The lowest BCUT2D eigenvalue weighted by Gasteiger charge is -2.45. The van der Waals surface area contributed by atoms with E-state index in [2.05, 4.69) is 10.1 Å². The first-order chi connectivity index (χ1) is 13.3. The molecule has 0 saturated carbocycles. The summed E-state index contributed by atoms with van der Waals surface area (Å²) in [6, 6.07) is 17.1. The standard InChI is InChI=1S/C22H26ClN3O2/c1-21(2,3)22(27,13-17-7-5-4-6-8-17)20(14-26-16-24-15-25-26)28-19-11-9-18(23)10-12-19/h4-12,15-16,20,27H,13-14H2,1-3H3. The average molecular weight is 400 g/mol. The SMILES string of the molecule is CC(C)(C)C(O)(Cc1ccccc1)C(Cn1cncn1)Oc1ccc(Cl)cc1. The molecule has 6 heteroatoms. The van der Waals surface area contributed by atoms with Gasteiger partial charge in [0.25, 0.3) is 0 Å². The number of aromatic nitrogens is 3. The molecule has 0 aliphatic rings. The fourth-order valence-corrected chi connectivity index (χ4v) is 3.36. The van der Waals surface area contributed by atoms with Crippen molar-refractivity contribution in [2.75, 3.05) is 0 Å². The van der Waals surface area contributed by atoms with Gasteiger partial charge in [-0.15, -0.1) is 0 Å². The zero-order valence-corrected chi connectivity index (χ0v) is 17.2. The highest BCUT2D eigenvalue weighted by molar-refractivity contribution is 6.30. The van der Waals surface area contributed by atoms with Gasteiger partial charge in [-0.3, -0.25) is 0 Å². The van der Waals surface area contributed by atoms with E-state index in [0.717, 1.165) is 5.56 Å². The predicted molar refractivity (Wildman–Crippen MR) is 110 cm³/mol. The molecule has 1 heterocycles. The Labute approximate surface area is 171 Å². The fourth-order valence-electron chi connectivity index (χ4n) is 3.23. The van der Waals surface area contributed by atoms with Crippen molar-refractivity contribution in [3.63, 3.8) is 0 Å². The molecule has 2 unspecified atom stereocenters. The molecule has 3 aromatic rings. The van der Waals surface area contributed by atoms with E-state index >= 15 is 0 Å². The first kappa shape index (κ1) is 20.4. The summed E-state index contributed by atoms with van der Waals surface area (Å²) in [6.07, 6.45) is 3.00. The van der Waals surface area contributed by atoms with E-state index in [4.69, 9.17) is 16.3 Å². The lowest BCUT2D eigenvalue weighted by molar-refractivity contribution is -0.137. The lowest BCUT2D eigenvalue weighted by atomic mass is 9.69. The summed E-state index contributed by atoms with van der Waals surface area (Å²) in [5, 5.41) is 16.8. The van der Waals surface area contributed by atoms with E-state index in [0.29, 0.717) is 23.7 Å². The molecular formula is C22H26ClN3O2. The van der Waals surface area contributed by atoms with Crippen molar-refractivity contribution in [3.05, 3.63) is 77.8 Å². The van der Waals surface area contributed by atoms with Crippen LogP contribution in [-0.4, -0.2) is 31.6 Å². The van der Waals surface area contributed by atoms with Gasteiger partial charge in [-0.25, -0.2) is 9.67 Å². The highest BCUT2D eigenvalue weighted by atomic mass is 35.5. The minimum Gasteiger partial charge on any atom is -0.485 e. The Morgan fingerprint density at radius 3 is 2.32 bits per heavy atom. The number of halogens is 1. The molecule has 0 amide bonds. The van der Waals surface area contributed by atoms with Gasteiger partial charge in [0.05, 0.1) is 6.54 Å². The van der Waals surface area contributed by atoms with Crippen molar-refractivity contribution in [1.29, 1.82) is 0 Å². The molecule has 3 rings (SSSR count). The Bertz CT molecular complexity index is 861. The molecule has 0 radical (unpaired) electrons. The van der Waals surface area contributed by atoms with Crippen LogP contribution in [-0.2, 0) is 13.0 Å². The maximum atomic E-state index is 12.0. The maximum absolute atomic E-state index is 12.0. The molecule has 0 aliphatic heterocycles. The quantitative estimate of drug-likeness (QED) is 0.639. The van der Waals surface area contributed by atoms with Gasteiger partial charge in [-0.2, -0.15) is 5.10 Å². The van der Waals surface area contributed by atoms with Gasteiger partial charge in [-0.1, -0.05) is 62.7 Å². The van der Waals surface area contributed by atoms with Crippen LogP contribution in [0.4, 0.5) is 0 Å². The van der Waals surface area contributed by atoms with Crippen LogP contribution in [0.2, 0.25) is 5.02 Å². The van der Waals surface area contributed by atoms with Gasteiger partial charge < -0.3 is 9.84 Å². The van der Waals surface area contributed by atoms with Crippen LogP contribution < -0.4 is 4.74 Å². The van der Waals surface area contributed by atoms with E-state index in [1.807, 2.05) is 63.2 Å². The Hall–Kier alpha value is -2.37. The summed E-state index contributed by atoms with van der Waals surface area (Å²) in [5.41, 5.74) is -0.580. The van der Waals surface area contributed by atoms with Crippen LogP contribution in [0.5, 0.6) is 5.75 Å². The molecular weight excluding hydrogens is 374 g/mol. The Kier molecular flexibility index (Phi) is 6.06. The van der Waals surface area contributed by atoms with E-state index in [9.17, 15) is 5.11 Å². The smallest absolute Gasteiger partial charge is 0.148 e. The zero-order chi connectivity index (χ0) is 20.2. The summed E-state index contributed by atoms with van der Waals surface area (Å²) in [5.74, 6) is 0.644. The number of aliphatic hydroxyl groups is 1. The molecule has 0 saturated heterocycles. The minimum atomic E-state index is -1.17. The second kappa shape index (κ2) is 8.33. The molecule has 0 fully saturated rings. The third kappa shape index (κ3) is 4.72. The van der Waals surface area contributed by atoms with Crippen molar-refractivity contribution in [1.82, 2.24) is 14.8 Å². The number of hydrogen-bond donors (Lipinski definition) is 1. The second-order valence-corrected chi connectivity index (χ2v) is 8.45. The van der Waals surface area contributed by atoms with Gasteiger partial charge in [0.1, 0.15) is 30.1 Å². The van der Waals surface area contributed by atoms with Crippen molar-refractivity contribution >= 4 is 11.6 Å². The molecule has 5 nitrogen and oxygen atoms in total. The summed E-state index contributed by atoms with van der Waals surface area (Å²) in [6.45, 7) is 6.43. The van der Waals surface area contributed by atoms with Crippen LogP contribution in [0.3, 0.4) is 0 Å². The first-order valence-corrected chi connectivity index (χ1v) is 9.67. The van der Waals surface area contributed by atoms with Crippen molar-refractivity contribution in [2.24, 2.45) is 5.41 Å². The van der Waals surface area contributed by atoms with E-state index in [-0.39, 0.29) is 0 Å². The van der Waals surface area contributed by atoms with Gasteiger partial charge in [0.2, 0.25) is 0 Å². The Morgan fingerprint density at radius 1 is 1.07 bits per heavy atom. The minimum absolute atomic E-state index is 0.364. The molecule has 28 heavy (non-hydrogen) atoms. The topological polar surface area (TPSA) is 60.2 Å². The average Bonchev–Trinajstić information content (AvgIpc) is 3.16. The van der Waals surface area contributed by atoms with Crippen LogP contribution in [0.15, 0.2) is 67.3 Å². The van der Waals surface area contributed by atoms with Gasteiger partial charge in [-0.05, 0) is 35.2 Å². The number of hydrogen-bond acceptors (Lipinski definition) is 4. The normalized spacial score (nSPS) is 15.0. The van der Waals surface area contributed by atoms with Crippen molar-refractivity contribution < 1.29 is 9.84 Å². The third-order valence-corrected chi connectivity index (χ3v) is 5.31. The Morgan fingerprint density at radius 2 is 1.75 bits per heavy atom. The number of ether oxygens (including phenoxy) is 1. The monoisotopic (exact) mass is 399 g/mol. The zero-order valence-electron chi connectivity index (χ0n) is 16.4. The van der Waals surface area contributed by atoms with E-state index in [1.54, 1.807) is 23.1 Å². The van der Waals surface area contributed by atoms with Crippen molar-refractivity contribution in [2.45, 2.75) is 45.4 Å². The lowest BCUT2D eigenvalue weighted by Crippen LogP contribution is -2.58. The van der Waals surface area contributed by atoms with Gasteiger partial charge >= 0.3 is 0 Å². The number of nitrogens with zero attached hydrogens (tertiary/aromatic N) is 3. The van der Waals surface area contributed by atoms with E-state index < -0.39 is 17.1 Å². The largest absolute Gasteiger partial charge is 0.485 e. The predicted octanol–water partition coefficient (Wildman–Crippen LogP) is 4.40. The molecule has 0 aliphatic carbocycles. The molecule has 0 bridgehead atoms. The highest BCUT2D eigenvalue weighted by Crippen LogP contribution is 2.38. The summed E-state index contributed by atoms with van der Waals surface area (Å²) in [4.78, 5) is 4.02. The molecule has 2 atom stereocenters. The van der Waals surface area contributed by atoms with Crippen molar-refractivity contribution in [3.8, 4) is 5.75 Å². The van der Waals surface area contributed by atoms with Gasteiger partial charge in [0, 0.05) is 11.4 Å². The second-order valence-electron chi connectivity index (χ2n) is 8.01. The van der Waals surface area contributed by atoms with Crippen LogP contribution in [0, 0.1) is 5.41 Å². The van der Waals surface area contributed by atoms with E-state index in [1.165, 1.54) is 6.33 Å². The molecule has 1 aromatic heterocycles. The molecule has 0 spiro atoms. The van der Waals surface area contributed by atoms with Crippen LogP contribution in [0.1, 0.15) is 26.3 Å². The summed E-state index contributed by atoms with van der Waals surface area (Å²) < 4.78 is 7.99.